The number of methoxy groups -OCH3 is 2. The maximum absolute atomic E-state index is 12.5. The van der Waals surface area contributed by atoms with E-state index in [9.17, 15) is 14.4 Å². The summed E-state index contributed by atoms with van der Waals surface area (Å²) in [5, 5.41) is -0.533. The average molecular weight is 365 g/mol. The van der Waals surface area contributed by atoms with Crippen LogP contribution in [0, 0.1) is 0 Å². The molecule has 1 aromatic rings. The zero-order valence-corrected chi connectivity index (χ0v) is 14.5. The third kappa shape index (κ3) is 3.02. The van der Waals surface area contributed by atoms with Gasteiger partial charge in [0.15, 0.2) is 11.5 Å². The number of hydrogen-bond donors (Lipinski definition) is 0. The molecule has 0 spiro atoms. The fourth-order valence-corrected chi connectivity index (χ4v) is 3.36. The van der Waals surface area contributed by atoms with Gasteiger partial charge in [-0.05, 0) is 30.8 Å². The summed E-state index contributed by atoms with van der Waals surface area (Å²) in [5.41, 5.74) is 0.558. The van der Waals surface area contributed by atoms with E-state index in [0.717, 1.165) is 16.7 Å². The zero-order chi connectivity index (χ0) is 18.1. The average Bonchev–Trinajstić information content (AvgIpc) is 3.16. The second-order valence-corrected chi connectivity index (χ2v) is 6.19. The van der Waals surface area contributed by atoms with Gasteiger partial charge in [0, 0.05) is 11.6 Å². The van der Waals surface area contributed by atoms with Crippen molar-refractivity contribution in [3.05, 3.63) is 22.6 Å². The number of fused-ring (bicyclic) bond motifs is 1. The molecule has 25 heavy (non-hydrogen) atoms. The monoisotopic (exact) mass is 365 g/mol. The Morgan fingerprint density at radius 3 is 2.60 bits per heavy atom. The molecule has 2 aliphatic heterocycles. The third-order valence-electron chi connectivity index (χ3n) is 3.76. The fourth-order valence-electron chi connectivity index (χ4n) is 2.46. The van der Waals surface area contributed by atoms with E-state index in [-0.39, 0.29) is 11.7 Å². The predicted octanol–water partition coefficient (Wildman–Crippen LogP) is 2.02. The minimum absolute atomic E-state index is 0.106. The molecule has 1 atom stereocenters. The van der Waals surface area contributed by atoms with E-state index in [2.05, 4.69) is 4.74 Å². The van der Waals surface area contributed by atoms with Crippen LogP contribution in [0.1, 0.15) is 12.5 Å². The van der Waals surface area contributed by atoms with Crippen LogP contribution in [0.3, 0.4) is 0 Å². The molecule has 1 aromatic carbocycles. The van der Waals surface area contributed by atoms with Crippen molar-refractivity contribution in [3.8, 4) is 17.2 Å². The maximum Gasteiger partial charge on any atom is 0.328 e. The van der Waals surface area contributed by atoms with E-state index >= 15 is 0 Å². The minimum atomic E-state index is -0.998. The highest BCUT2D eigenvalue weighted by Gasteiger charge is 2.41. The van der Waals surface area contributed by atoms with Crippen LogP contribution in [0.2, 0.25) is 0 Å². The highest BCUT2D eigenvalue weighted by molar-refractivity contribution is 8.18. The molecule has 1 saturated heterocycles. The zero-order valence-electron chi connectivity index (χ0n) is 13.7. The van der Waals surface area contributed by atoms with Gasteiger partial charge in [-0.25, -0.2) is 4.79 Å². The third-order valence-corrected chi connectivity index (χ3v) is 4.65. The lowest BCUT2D eigenvalue weighted by Gasteiger charge is -2.18. The summed E-state index contributed by atoms with van der Waals surface area (Å²) in [6, 6.07) is 2.32. The Morgan fingerprint density at radius 1 is 1.28 bits per heavy atom. The fraction of sp³-hybridized carbons (Fsp3) is 0.312. The van der Waals surface area contributed by atoms with Crippen LogP contribution in [0.5, 0.6) is 17.2 Å². The molecular formula is C16H15NO7S. The Bertz CT molecular complexity index is 789. The standard InChI is InChI=1S/C16H15NO7S/c1-8(15(19)22-3)17-14(18)13(25-16(17)20)5-9-4-11-12(24-7-23-11)6-10(9)21-2/h4-6,8H,7H2,1-3H3/b13-5-/t8-/m0/s1. The number of benzene rings is 1. The Labute approximate surface area is 147 Å². The maximum atomic E-state index is 12.5. The van der Waals surface area contributed by atoms with Gasteiger partial charge in [-0.15, -0.1) is 0 Å². The van der Waals surface area contributed by atoms with Crippen molar-refractivity contribution in [3.63, 3.8) is 0 Å². The van der Waals surface area contributed by atoms with Gasteiger partial charge < -0.3 is 18.9 Å². The van der Waals surface area contributed by atoms with Crippen LogP contribution in [0.4, 0.5) is 4.79 Å². The summed E-state index contributed by atoms with van der Waals surface area (Å²) in [6.45, 7) is 1.54. The molecule has 2 heterocycles. The van der Waals surface area contributed by atoms with E-state index < -0.39 is 23.2 Å². The van der Waals surface area contributed by atoms with Crippen LogP contribution in [0.25, 0.3) is 6.08 Å². The number of thioether (sulfide) groups is 1. The van der Waals surface area contributed by atoms with Gasteiger partial charge in [-0.2, -0.15) is 0 Å². The summed E-state index contributed by atoms with van der Waals surface area (Å²) < 4.78 is 20.5. The first-order valence-electron chi connectivity index (χ1n) is 7.28. The van der Waals surface area contributed by atoms with Gasteiger partial charge in [0.2, 0.25) is 6.79 Å². The highest BCUT2D eigenvalue weighted by atomic mass is 32.2. The molecule has 2 aliphatic rings. The summed E-state index contributed by atoms with van der Waals surface area (Å²) in [6.07, 6.45) is 1.52. The number of nitrogens with zero attached hydrogens (tertiary/aromatic N) is 1. The van der Waals surface area contributed by atoms with Crippen molar-refractivity contribution in [2.75, 3.05) is 21.0 Å². The highest BCUT2D eigenvalue weighted by Crippen LogP contribution is 2.41. The lowest BCUT2D eigenvalue weighted by molar-refractivity contribution is -0.148. The van der Waals surface area contributed by atoms with Crippen LogP contribution in [-0.4, -0.2) is 49.1 Å². The molecule has 0 aliphatic carbocycles. The molecule has 8 nitrogen and oxygen atoms in total. The first-order chi connectivity index (χ1) is 12.0. The van der Waals surface area contributed by atoms with E-state index in [1.807, 2.05) is 0 Å². The number of amides is 2. The second-order valence-electron chi connectivity index (χ2n) is 5.20. The first kappa shape index (κ1) is 17.2. The van der Waals surface area contributed by atoms with Crippen molar-refractivity contribution in [2.24, 2.45) is 0 Å². The number of ether oxygens (including phenoxy) is 4. The lowest BCUT2D eigenvalue weighted by atomic mass is 10.1. The number of rotatable bonds is 4. The summed E-state index contributed by atoms with van der Waals surface area (Å²) in [4.78, 5) is 37.4. The van der Waals surface area contributed by atoms with Crippen LogP contribution in [0.15, 0.2) is 17.0 Å². The van der Waals surface area contributed by atoms with Crippen molar-refractivity contribution < 1.29 is 33.3 Å². The molecule has 0 radical (unpaired) electrons. The van der Waals surface area contributed by atoms with Gasteiger partial charge in [0.1, 0.15) is 11.8 Å². The Kier molecular flexibility index (Phi) is 4.58. The molecule has 0 saturated carbocycles. The van der Waals surface area contributed by atoms with Crippen LogP contribution in [-0.2, 0) is 14.3 Å². The molecular weight excluding hydrogens is 350 g/mol. The van der Waals surface area contributed by atoms with Gasteiger partial charge in [0.05, 0.1) is 19.1 Å². The van der Waals surface area contributed by atoms with Crippen molar-refractivity contribution in [1.82, 2.24) is 4.90 Å². The topological polar surface area (TPSA) is 91.4 Å². The second kappa shape index (κ2) is 6.67. The summed E-state index contributed by atoms with van der Waals surface area (Å²) >= 11 is 0.748. The van der Waals surface area contributed by atoms with Crippen molar-refractivity contribution in [2.45, 2.75) is 13.0 Å². The minimum Gasteiger partial charge on any atom is -0.496 e. The molecule has 9 heteroatoms. The Morgan fingerprint density at radius 2 is 1.96 bits per heavy atom. The van der Waals surface area contributed by atoms with Gasteiger partial charge in [-0.1, -0.05) is 0 Å². The number of carbonyl (C=O) groups excluding carboxylic acids is 3. The van der Waals surface area contributed by atoms with Gasteiger partial charge >= 0.3 is 5.97 Å². The van der Waals surface area contributed by atoms with Gasteiger partial charge in [-0.3, -0.25) is 14.5 Å². The molecule has 0 unspecified atom stereocenters. The van der Waals surface area contributed by atoms with Crippen molar-refractivity contribution in [1.29, 1.82) is 0 Å². The van der Waals surface area contributed by atoms with Crippen LogP contribution < -0.4 is 14.2 Å². The molecule has 0 N–H and O–H groups in total. The van der Waals surface area contributed by atoms with E-state index in [4.69, 9.17) is 14.2 Å². The lowest BCUT2D eigenvalue weighted by Crippen LogP contribution is -2.42. The van der Waals surface area contributed by atoms with E-state index in [0.29, 0.717) is 22.8 Å². The normalized spacial score (nSPS) is 18.7. The number of hydrogen-bond acceptors (Lipinski definition) is 8. The summed E-state index contributed by atoms with van der Waals surface area (Å²) in [5.74, 6) is 0.310. The molecule has 132 valence electrons. The molecule has 0 bridgehead atoms. The molecule has 2 amide bonds. The quantitative estimate of drug-likeness (QED) is 0.591. The predicted molar refractivity (Wildman–Crippen MR) is 88.4 cm³/mol. The SMILES string of the molecule is COC(=O)[C@H](C)N1C(=O)S/C(=C\c2cc3c(cc2OC)OCO3)C1=O. The smallest absolute Gasteiger partial charge is 0.328 e. The molecule has 0 aromatic heterocycles. The van der Waals surface area contributed by atoms with Crippen molar-refractivity contribution >= 4 is 35.0 Å². The van der Waals surface area contributed by atoms with E-state index in [1.165, 1.54) is 27.2 Å². The largest absolute Gasteiger partial charge is 0.496 e. The number of carbonyl (C=O) groups is 3. The number of esters is 1. The number of imide groups is 1. The van der Waals surface area contributed by atoms with Gasteiger partial charge in [0.25, 0.3) is 11.1 Å². The first-order valence-corrected chi connectivity index (χ1v) is 8.10. The van der Waals surface area contributed by atoms with Crippen LogP contribution >= 0.6 is 11.8 Å². The Balaban J connectivity index is 1.94. The van der Waals surface area contributed by atoms with E-state index in [1.54, 1.807) is 12.1 Å². The Hall–Kier alpha value is -2.68. The molecule has 3 rings (SSSR count). The summed E-state index contributed by atoms with van der Waals surface area (Å²) in [7, 11) is 2.69. The molecule has 1 fully saturated rings.